The first-order valence-corrected chi connectivity index (χ1v) is 19.0. The zero-order valence-electron chi connectivity index (χ0n) is 30.3. The van der Waals surface area contributed by atoms with E-state index >= 15 is 0 Å². The number of nitrogens with zero attached hydrogens (tertiary/aromatic N) is 7. The topological polar surface area (TPSA) is 179 Å². The van der Waals surface area contributed by atoms with Gasteiger partial charge in [-0.2, -0.15) is 0 Å². The van der Waals surface area contributed by atoms with Crippen LogP contribution in [0.15, 0.2) is 42.7 Å². The number of hydrogen-bond acceptors (Lipinski definition) is 11. The van der Waals surface area contributed by atoms with E-state index in [4.69, 9.17) is 22.9 Å². The van der Waals surface area contributed by atoms with E-state index < -0.39 is 29.7 Å². The maximum Gasteiger partial charge on any atom is 0.262 e. The van der Waals surface area contributed by atoms with Crippen LogP contribution in [0.25, 0.3) is 4.85 Å². The van der Waals surface area contributed by atoms with Crippen LogP contribution in [-0.4, -0.2) is 111 Å². The third-order valence-corrected chi connectivity index (χ3v) is 11.4. The molecule has 1 atom stereocenters. The van der Waals surface area contributed by atoms with Gasteiger partial charge in [-0.15, -0.1) is 0 Å². The van der Waals surface area contributed by atoms with Gasteiger partial charge in [-0.25, -0.2) is 14.8 Å². The number of imide groups is 2. The van der Waals surface area contributed by atoms with Crippen molar-refractivity contribution < 1.29 is 33.5 Å². The van der Waals surface area contributed by atoms with Gasteiger partial charge in [-0.3, -0.25) is 43.9 Å². The van der Waals surface area contributed by atoms with E-state index in [0.717, 1.165) is 41.7 Å². The number of amides is 6. The minimum Gasteiger partial charge on any atom is -0.490 e. The van der Waals surface area contributed by atoms with E-state index in [2.05, 4.69) is 25.4 Å². The number of anilines is 1. The molecule has 2 N–H and O–H groups in total. The van der Waals surface area contributed by atoms with Gasteiger partial charge >= 0.3 is 0 Å². The van der Waals surface area contributed by atoms with Gasteiger partial charge in [0.05, 0.1) is 40.9 Å². The first-order valence-electron chi connectivity index (χ1n) is 18.6. The normalized spacial score (nSPS) is 22.4. The summed E-state index contributed by atoms with van der Waals surface area (Å²) in [4.78, 5) is 95.8. The third-order valence-electron chi connectivity index (χ3n) is 11.1. The van der Waals surface area contributed by atoms with E-state index in [9.17, 15) is 28.8 Å². The summed E-state index contributed by atoms with van der Waals surface area (Å²) >= 11 is 6.14. The highest BCUT2D eigenvalue weighted by molar-refractivity contribution is 6.33. The molecule has 6 amide bonds. The van der Waals surface area contributed by atoms with Crippen molar-refractivity contribution in [2.45, 2.75) is 69.8 Å². The van der Waals surface area contributed by atoms with Crippen molar-refractivity contribution in [3.63, 3.8) is 0 Å². The van der Waals surface area contributed by atoms with Crippen LogP contribution in [-0.2, 0) is 27.5 Å². The fourth-order valence-electron chi connectivity index (χ4n) is 8.04. The summed E-state index contributed by atoms with van der Waals surface area (Å²) in [6.07, 6.45) is 6.25. The third kappa shape index (κ3) is 7.39. The Balaban J connectivity index is 0.776. The lowest BCUT2D eigenvalue weighted by Gasteiger charge is -2.35. The van der Waals surface area contributed by atoms with Crippen molar-refractivity contribution >= 4 is 58.7 Å². The summed E-state index contributed by atoms with van der Waals surface area (Å²) in [5.74, 6) is -1.33. The number of halogens is 1. The van der Waals surface area contributed by atoms with Crippen LogP contribution < -0.4 is 20.3 Å². The number of fused-ring (bicyclic) bond motifs is 2. The SMILES string of the molecule is [C-]#[N+]c1ccc(OC2CCC(NC(=O)c3cnc(N4CCN(C(=O)CN5Cc6cc7c(cc6C5)C(=O)N(C5CCC(=O)NC5=O)C7=O)CC4)nc3)CC2)cc1Cl. The maximum atomic E-state index is 13.3. The summed E-state index contributed by atoms with van der Waals surface area (Å²) in [5, 5.41) is 5.65. The first kappa shape index (κ1) is 37.0. The molecule has 1 unspecified atom stereocenters. The molecule has 3 fully saturated rings. The Hall–Kier alpha value is -5.92. The molecule has 8 rings (SSSR count). The van der Waals surface area contributed by atoms with Crippen LogP contribution in [0.3, 0.4) is 0 Å². The number of rotatable bonds is 8. The minimum absolute atomic E-state index is 0.000888. The molecule has 0 radical (unpaired) electrons. The smallest absolute Gasteiger partial charge is 0.262 e. The largest absolute Gasteiger partial charge is 0.490 e. The summed E-state index contributed by atoms with van der Waals surface area (Å²) in [5.41, 5.74) is 2.93. The predicted octanol–water partition coefficient (Wildman–Crippen LogP) is 2.87. The van der Waals surface area contributed by atoms with Gasteiger partial charge in [-0.05, 0) is 67.5 Å². The second-order valence-corrected chi connectivity index (χ2v) is 15.1. The zero-order valence-corrected chi connectivity index (χ0v) is 31.1. The van der Waals surface area contributed by atoms with Crippen molar-refractivity contribution in [3.05, 3.63) is 87.0 Å². The van der Waals surface area contributed by atoms with Gasteiger partial charge in [0.15, 0.2) is 0 Å². The van der Waals surface area contributed by atoms with Crippen LogP contribution in [0.5, 0.6) is 5.75 Å². The molecule has 5 heterocycles. The lowest BCUT2D eigenvalue weighted by Crippen LogP contribution is -2.54. The molecular weight excluding hydrogens is 742 g/mol. The summed E-state index contributed by atoms with van der Waals surface area (Å²) < 4.78 is 6.06. The number of hydrogen-bond donors (Lipinski definition) is 2. The number of benzene rings is 2. The van der Waals surface area contributed by atoms with Crippen molar-refractivity contribution in [1.29, 1.82) is 0 Å². The van der Waals surface area contributed by atoms with Crippen molar-refractivity contribution in [1.82, 2.24) is 35.3 Å². The Morgan fingerprint density at radius 1 is 0.911 bits per heavy atom. The number of aromatic nitrogens is 2. The highest BCUT2D eigenvalue weighted by Crippen LogP contribution is 2.34. The Kier molecular flexibility index (Phi) is 10.1. The van der Waals surface area contributed by atoms with E-state index in [-0.39, 0.29) is 54.5 Å². The Labute approximate surface area is 326 Å². The molecule has 17 heteroatoms. The molecule has 288 valence electrons. The second kappa shape index (κ2) is 15.3. The van der Waals surface area contributed by atoms with Gasteiger partial charge in [0.25, 0.3) is 17.7 Å². The molecule has 0 bridgehead atoms. The first-order chi connectivity index (χ1) is 27.0. The average Bonchev–Trinajstić information content (AvgIpc) is 3.70. The van der Waals surface area contributed by atoms with Gasteiger partial charge in [0.2, 0.25) is 29.4 Å². The number of nitrogens with one attached hydrogen (secondary N) is 2. The van der Waals surface area contributed by atoms with Crippen molar-refractivity contribution in [2.24, 2.45) is 0 Å². The molecule has 2 saturated heterocycles. The fourth-order valence-corrected chi connectivity index (χ4v) is 8.25. The van der Waals surface area contributed by atoms with E-state index in [1.807, 2.05) is 9.80 Å². The monoisotopic (exact) mass is 779 g/mol. The molecular formula is C39H38ClN9O7. The second-order valence-electron chi connectivity index (χ2n) is 14.7. The van der Waals surface area contributed by atoms with Gasteiger partial charge in [-0.1, -0.05) is 17.7 Å². The Bertz CT molecular complexity index is 2130. The number of piperidine rings is 1. The maximum absolute atomic E-state index is 13.3. The minimum atomic E-state index is -1.02. The standard InChI is InChI=1S/C39H38ClN9O7/c1-41-31-7-6-27(16-30(31)40)56-26-4-2-25(3-5-26)44-35(52)24-17-42-39(43-18-24)48-12-10-47(11-13-48)34(51)21-46-19-22-14-28-29(15-23(22)20-46)38(55)49(37(28)54)32-8-9-33(50)45-36(32)53/h6-7,14-18,25-26,32H,2-5,8-13,19-21H2,(H,44,52)(H,45,50,53). The lowest BCUT2D eigenvalue weighted by molar-refractivity contribution is -0.136. The van der Waals surface area contributed by atoms with E-state index in [1.54, 1.807) is 35.2 Å². The summed E-state index contributed by atoms with van der Waals surface area (Å²) in [6, 6.07) is 7.42. The summed E-state index contributed by atoms with van der Waals surface area (Å²) in [6.45, 7) is 10.2. The molecule has 3 aromatic rings. The van der Waals surface area contributed by atoms with Crippen LogP contribution in [0, 0.1) is 6.57 Å². The molecule has 2 aromatic carbocycles. The van der Waals surface area contributed by atoms with Crippen LogP contribution in [0.2, 0.25) is 5.02 Å². The molecule has 4 aliphatic heterocycles. The van der Waals surface area contributed by atoms with Crippen LogP contribution >= 0.6 is 11.6 Å². The predicted molar refractivity (Wildman–Crippen MR) is 200 cm³/mol. The van der Waals surface area contributed by atoms with E-state index in [0.29, 0.717) is 67.2 Å². The zero-order chi connectivity index (χ0) is 39.1. The summed E-state index contributed by atoms with van der Waals surface area (Å²) in [7, 11) is 0. The number of piperazine rings is 1. The van der Waals surface area contributed by atoms with Gasteiger partial charge in [0.1, 0.15) is 11.8 Å². The Morgan fingerprint density at radius 2 is 1.57 bits per heavy atom. The molecule has 1 aromatic heterocycles. The Morgan fingerprint density at radius 3 is 2.18 bits per heavy atom. The molecule has 56 heavy (non-hydrogen) atoms. The van der Waals surface area contributed by atoms with Gasteiger partial charge in [0, 0.05) is 64.1 Å². The number of carbonyl (C=O) groups is 6. The lowest BCUT2D eigenvalue weighted by atomic mass is 9.92. The number of ether oxygens (including phenoxy) is 1. The van der Waals surface area contributed by atoms with Crippen LogP contribution in [0.1, 0.15) is 80.7 Å². The molecule has 1 saturated carbocycles. The molecule has 5 aliphatic rings. The van der Waals surface area contributed by atoms with E-state index in [1.165, 1.54) is 12.4 Å². The van der Waals surface area contributed by atoms with Crippen molar-refractivity contribution in [2.75, 3.05) is 37.6 Å². The van der Waals surface area contributed by atoms with Crippen molar-refractivity contribution in [3.8, 4) is 5.75 Å². The molecule has 0 spiro atoms. The highest BCUT2D eigenvalue weighted by atomic mass is 35.5. The van der Waals surface area contributed by atoms with Crippen LogP contribution in [0.4, 0.5) is 11.6 Å². The average molecular weight is 780 g/mol. The molecule has 1 aliphatic carbocycles. The quantitative estimate of drug-likeness (QED) is 0.254. The number of carbonyl (C=O) groups excluding carboxylic acids is 6. The highest BCUT2D eigenvalue weighted by Gasteiger charge is 2.45. The van der Waals surface area contributed by atoms with Gasteiger partial charge < -0.3 is 19.9 Å². The fraction of sp³-hybridized carbons (Fsp3) is 0.410. The molecule has 16 nitrogen and oxygen atoms in total.